The molecule has 0 bridgehead atoms. The van der Waals surface area contributed by atoms with E-state index in [1.807, 2.05) is 24.5 Å². The normalized spacial score (nSPS) is 18.1. The topological polar surface area (TPSA) is 60.6 Å². The van der Waals surface area contributed by atoms with E-state index in [0.29, 0.717) is 0 Å². The van der Waals surface area contributed by atoms with Crippen LogP contribution in [-0.2, 0) is 13.0 Å². The van der Waals surface area contributed by atoms with Gasteiger partial charge >= 0.3 is 0 Å². The molecule has 0 spiro atoms. The summed E-state index contributed by atoms with van der Waals surface area (Å²) in [5.41, 5.74) is 4.53. The predicted octanol–water partition coefficient (Wildman–Crippen LogP) is 3.50. The average Bonchev–Trinajstić information content (AvgIpc) is 3.34. The van der Waals surface area contributed by atoms with Crippen molar-refractivity contribution in [3.63, 3.8) is 0 Å². The molecule has 1 aliphatic heterocycles. The first-order valence-corrected chi connectivity index (χ1v) is 8.99. The zero-order valence-electron chi connectivity index (χ0n) is 13.1. The van der Waals surface area contributed by atoms with E-state index in [4.69, 9.17) is 4.98 Å². The molecule has 1 aliphatic rings. The van der Waals surface area contributed by atoms with Crippen molar-refractivity contribution in [1.82, 2.24) is 24.8 Å². The van der Waals surface area contributed by atoms with Crippen LogP contribution in [0.25, 0.3) is 11.0 Å². The molecule has 120 valence electrons. The van der Waals surface area contributed by atoms with Gasteiger partial charge in [-0.3, -0.25) is 4.90 Å². The zero-order valence-corrected chi connectivity index (χ0v) is 13.9. The summed E-state index contributed by atoms with van der Waals surface area (Å²) in [5, 5.41) is 2.13. The van der Waals surface area contributed by atoms with E-state index >= 15 is 0 Å². The lowest BCUT2D eigenvalue weighted by molar-refractivity contribution is 0.198. The number of para-hydroxylation sites is 2. The number of aromatic amines is 2. The van der Waals surface area contributed by atoms with Gasteiger partial charge in [0.25, 0.3) is 0 Å². The number of rotatable bonds is 3. The molecule has 3 aromatic heterocycles. The Morgan fingerprint density at radius 2 is 2.17 bits per heavy atom. The number of imidazole rings is 2. The summed E-state index contributed by atoms with van der Waals surface area (Å²) in [6, 6.07) is 12.7. The molecule has 1 atom stereocenters. The lowest BCUT2D eigenvalue weighted by atomic mass is 10.0. The summed E-state index contributed by atoms with van der Waals surface area (Å²) in [4.78, 5) is 19.9. The maximum Gasteiger partial charge on any atom is 0.121 e. The predicted molar refractivity (Wildman–Crippen MR) is 95.0 cm³/mol. The van der Waals surface area contributed by atoms with Crippen LogP contribution in [0.4, 0.5) is 0 Å². The molecule has 0 radical (unpaired) electrons. The number of fused-ring (bicyclic) bond motifs is 2. The molecule has 2 N–H and O–H groups in total. The number of hydrogen-bond donors (Lipinski definition) is 2. The van der Waals surface area contributed by atoms with Gasteiger partial charge in [0.2, 0.25) is 0 Å². The number of nitrogens with one attached hydrogen (secondary N) is 2. The summed E-state index contributed by atoms with van der Waals surface area (Å²) in [7, 11) is 0. The second-order valence-electron chi connectivity index (χ2n) is 6.11. The van der Waals surface area contributed by atoms with E-state index in [-0.39, 0.29) is 6.04 Å². The third kappa shape index (κ3) is 2.26. The van der Waals surface area contributed by atoms with Gasteiger partial charge in [-0.1, -0.05) is 18.2 Å². The van der Waals surface area contributed by atoms with Crippen molar-refractivity contribution in [3.05, 3.63) is 70.2 Å². The number of thiophene rings is 1. The summed E-state index contributed by atoms with van der Waals surface area (Å²) in [5.74, 6) is 1.01. The fourth-order valence-electron chi connectivity index (χ4n) is 3.53. The second kappa shape index (κ2) is 5.58. The summed E-state index contributed by atoms with van der Waals surface area (Å²) < 4.78 is 0. The lowest BCUT2D eigenvalue weighted by Crippen LogP contribution is -2.35. The highest BCUT2D eigenvalue weighted by Crippen LogP contribution is 2.36. The Labute approximate surface area is 143 Å². The largest absolute Gasteiger partial charge is 0.348 e. The van der Waals surface area contributed by atoms with Crippen LogP contribution < -0.4 is 0 Å². The van der Waals surface area contributed by atoms with Gasteiger partial charge in [-0.25, -0.2) is 9.97 Å². The number of aromatic nitrogens is 4. The molecule has 0 aliphatic carbocycles. The molecule has 4 heterocycles. The molecule has 5 rings (SSSR count). The Balaban J connectivity index is 1.52. The van der Waals surface area contributed by atoms with Crippen molar-refractivity contribution in [1.29, 1.82) is 0 Å². The van der Waals surface area contributed by atoms with Crippen molar-refractivity contribution in [2.24, 2.45) is 0 Å². The molecular weight excluding hydrogens is 318 g/mol. The van der Waals surface area contributed by atoms with Gasteiger partial charge in [-0.05, 0) is 23.6 Å². The molecule has 24 heavy (non-hydrogen) atoms. The first-order valence-electron chi connectivity index (χ1n) is 8.12. The smallest absolute Gasteiger partial charge is 0.121 e. The molecule has 5 nitrogen and oxygen atoms in total. The number of nitrogens with zero attached hydrogens (tertiary/aromatic N) is 3. The fraction of sp³-hybridized carbons (Fsp3) is 0.222. The van der Waals surface area contributed by atoms with Gasteiger partial charge in [0.15, 0.2) is 0 Å². The van der Waals surface area contributed by atoms with Crippen LogP contribution in [0.1, 0.15) is 28.1 Å². The number of benzene rings is 1. The first-order chi connectivity index (χ1) is 11.9. The summed E-state index contributed by atoms with van der Waals surface area (Å²) in [6.45, 7) is 1.79. The van der Waals surface area contributed by atoms with Gasteiger partial charge < -0.3 is 9.97 Å². The van der Waals surface area contributed by atoms with Crippen molar-refractivity contribution in [3.8, 4) is 0 Å². The minimum absolute atomic E-state index is 0.202. The van der Waals surface area contributed by atoms with Crippen molar-refractivity contribution >= 4 is 22.4 Å². The van der Waals surface area contributed by atoms with Crippen molar-refractivity contribution < 1.29 is 0 Å². The Morgan fingerprint density at radius 1 is 1.21 bits per heavy atom. The van der Waals surface area contributed by atoms with E-state index < -0.39 is 0 Å². The third-order valence-electron chi connectivity index (χ3n) is 4.63. The molecule has 0 saturated carbocycles. The Hall–Kier alpha value is -2.44. The van der Waals surface area contributed by atoms with E-state index in [2.05, 4.69) is 43.4 Å². The van der Waals surface area contributed by atoms with Crippen LogP contribution in [0.5, 0.6) is 0 Å². The monoisotopic (exact) mass is 335 g/mol. The van der Waals surface area contributed by atoms with E-state index in [9.17, 15) is 0 Å². The molecule has 0 saturated heterocycles. The molecule has 4 aromatic rings. The average molecular weight is 335 g/mol. The van der Waals surface area contributed by atoms with Crippen LogP contribution in [0.15, 0.2) is 48.1 Å². The number of hydrogen-bond acceptors (Lipinski definition) is 4. The highest BCUT2D eigenvalue weighted by Gasteiger charge is 2.32. The SMILES string of the molecule is c1csc([C@H]2c3nc[nH]c3CCN2Cc2nc3ccccc3[nH]2)c1. The Morgan fingerprint density at radius 3 is 3.04 bits per heavy atom. The second-order valence-corrected chi connectivity index (χ2v) is 7.08. The standard InChI is InChI=1S/C18H17N5S/c1-2-5-13-12(4-1)21-16(22-13)10-23-8-7-14-17(20-11-19-14)18(23)15-6-3-9-24-15/h1-6,9,11,18H,7-8,10H2,(H,19,20)(H,21,22)/t18-/m0/s1. The van der Waals surface area contributed by atoms with Crippen LogP contribution >= 0.6 is 11.3 Å². The molecule has 0 amide bonds. The minimum atomic E-state index is 0.202. The quantitative estimate of drug-likeness (QED) is 0.602. The number of H-pyrrole nitrogens is 2. The summed E-state index contributed by atoms with van der Waals surface area (Å²) >= 11 is 1.79. The molecule has 0 unspecified atom stereocenters. The zero-order chi connectivity index (χ0) is 15.9. The fourth-order valence-corrected chi connectivity index (χ4v) is 4.39. The van der Waals surface area contributed by atoms with Gasteiger partial charge in [0.1, 0.15) is 5.82 Å². The molecule has 0 fully saturated rings. The van der Waals surface area contributed by atoms with E-state index in [1.165, 1.54) is 10.6 Å². The van der Waals surface area contributed by atoms with Gasteiger partial charge in [0.05, 0.1) is 35.6 Å². The minimum Gasteiger partial charge on any atom is -0.348 e. The van der Waals surface area contributed by atoms with E-state index in [1.54, 1.807) is 11.3 Å². The van der Waals surface area contributed by atoms with Crippen LogP contribution in [0.3, 0.4) is 0 Å². The Kier molecular flexibility index (Phi) is 3.24. The van der Waals surface area contributed by atoms with Crippen molar-refractivity contribution in [2.45, 2.75) is 19.0 Å². The first kappa shape index (κ1) is 13.9. The van der Waals surface area contributed by atoms with E-state index in [0.717, 1.165) is 42.1 Å². The molecule has 6 heteroatoms. The van der Waals surface area contributed by atoms with Crippen LogP contribution in [0, 0.1) is 0 Å². The Bertz CT molecular complexity index is 935. The van der Waals surface area contributed by atoms with Gasteiger partial charge in [0, 0.05) is 23.5 Å². The third-order valence-corrected chi connectivity index (χ3v) is 5.55. The molecular formula is C18H17N5S. The maximum atomic E-state index is 4.74. The van der Waals surface area contributed by atoms with Gasteiger partial charge in [-0.2, -0.15) is 0 Å². The van der Waals surface area contributed by atoms with Crippen LogP contribution in [-0.4, -0.2) is 31.4 Å². The maximum absolute atomic E-state index is 4.74. The lowest BCUT2D eigenvalue weighted by Gasteiger charge is -2.33. The highest BCUT2D eigenvalue weighted by atomic mass is 32.1. The van der Waals surface area contributed by atoms with Gasteiger partial charge in [-0.15, -0.1) is 11.3 Å². The highest BCUT2D eigenvalue weighted by molar-refractivity contribution is 7.10. The van der Waals surface area contributed by atoms with Crippen LogP contribution in [0.2, 0.25) is 0 Å². The summed E-state index contributed by atoms with van der Waals surface area (Å²) in [6.07, 6.45) is 2.81. The molecule has 1 aromatic carbocycles. The van der Waals surface area contributed by atoms with Crippen molar-refractivity contribution in [2.75, 3.05) is 6.54 Å².